The SMILES string of the molecule is Cn1cnnc1NC(=O)CSc1ccccc1. The molecular weight excluding hydrogens is 236 g/mol. The van der Waals surface area contributed by atoms with E-state index in [0.717, 1.165) is 4.90 Å². The van der Waals surface area contributed by atoms with E-state index in [2.05, 4.69) is 15.5 Å². The molecule has 0 saturated heterocycles. The molecule has 2 rings (SSSR count). The van der Waals surface area contributed by atoms with Crippen molar-refractivity contribution in [3.63, 3.8) is 0 Å². The number of benzene rings is 1. The number of carbonyl (C=O) groups is 1. The van der Waals surface area contributed by atoms with E-state index < -0.39 is 0 Å². The number of rotatable bonds is 4. The Morgan fingerprint density at radius 1 is 1.41 bits per heavy atom. The quantitative estimate of drug-likeness (QED) is 0.834. The second kappa shape index (κ2) is 5.49. The van der Waals surface area contributed by atoms with Gasteiger partial charge in [-0.1, -0.05) is 18.2 Å². The molecule has 0 radical (unpaired) electrons. The molecule has 2 aromatic rings. The van der Waals surface area contributed by atoms with E-state index in [1.165, 1.54) is 11.8 Å². The average molecular weight is 248 g/mol. The summed E-state index contributed by atoms with van der Waals surface area (Å²) in [6, 6.07) is 9.79. The molecule has 0 atom stereocenters. The molecule has 1 aromatic carbocycles. The lowest BCUT2D eigenvalue weighted by atomic mass is 10.4. The van der Waals surface area contributed by atoms with Gasteiger partial charge in [0.15, 0.2) is 0 Å². The van der Waals surface area contributed by atoms with Crippen molar-refractivity contribution in [1.29, 1.82) is 0 Å². The lowest BCUT2D eigenvalue weighted by molar-refractivity contribution is -0.113. The minimum Gasteiger partial charge on any atom is -0.303 e. The van der Waals surface area contributed by atoms with Gasteiger partial charge < -0.3 is 4.57 Å². The van der Waals surface area contributed by atoms with Gasteiger partial charge in [0, 0.05) is 11.9 Å². The molecule has 0 saturated carbocycles. The van der Waals surface area contributed by atoms with E-state index in [4.69, 9.17) is 0 Å². The van der Waals surface area contributed by atoms with Gasteiger partial charge >= 0.3 is 0 Å². The van der Waals surface area contributed by atoms with Crippen molar-refractivity contribution in [3.8, 4) is 0 Å². The Kier molecular flexibility index (Phi) is 3.77. The van der Waals surface area contributed by atoms with Gasteiger partial charge in [-0.15, -0.1) is 22.0 Å². The molecule has 0 aliphatic rings. The standard InChI is InChI=1S/C11H12N4OS/c1-15-8-12-14-11(15)13-10(16)7-17-9-5-3-2-4-6-9/h2-6,8H,7H2,1H3,(H,13,14,16). The molecule has 0 spiro atoms. The highest BCUT2D eigenvalue weighted by Gasteiger charge is 2.06. The van der Waals surface area contributed by atoms with Crippen LogP contribution in [0.5, 0.6) is 0 Å². The number of aromatic nitrogens is 3. The molecule has 0 fully saturated rings. The first kappa shape index (κ1) is 11.7. The van der Waals surface area contributed by atoms with E-state index in [-0.39, 0.29) is 5.91 Å². The number of nitrogens with one attached hydrogen (secondary N) is 1. The lowest BCUT2D eigenvalue weighted by Crippen LogP contribution is -2.16. The fraction of sp³-hybridized carbons (Fsp3) is 0.182. The Morgan fingerprint density at radius 3 is 2.82 bits per heavy atom. The molecular formula is C11H12N4OS. The summed E-state index contributed by atoms with van der Waals surface area (Å²) in [5, 5.41) is 10.2. The summed E-state index contributed by atoms with van der Waals surface area (Å²) < 4.78 is 1.66. The number of hydrogen-bond acceptors (Lipinski definition) is 4. The normalized spacial score (nSPS) is 10.2. The molecule has 88 valence electrons. The van der Waals surface area contributed by atoms with Crippen molar-refractivity contribution in [2.45, 2.75) is 4.90 Å². The number of thioether (sulfide) groups is 1. The van der Waals surface area contributed by atoms with Crippen molar-refractivity contribution in [2.75, 3.05) is 11.1 Å². The van der Waals surface area contributed by atoms with E-state index in [9.17, 15) is 4.79 Å². The number of carbonyl (C=O) groups excluding carboxylic acids is 1. The molecule has 1 amide bonds. The number of nitrogens with zero attached hydrogens (tertiary/aromatic N) is 3. The Labute approximate surface area is 103 Å². The molecule has 5 nitrogen and oxygen atoms in total. The Balaban J connectivity index is 1.85. The molecule has 0 unspecified atom stereocenters. The van der Waals surface area contributed by atoms with Crippen LogP contribution in [0.3, 0.4) is 0 Å². The summed E-state index contributed by atoms with van der Waals surface area (Å²) >= 11 is 1.49. The second-order valence-electron chi connectivity index (χ2n) is 3.42. The first-order valence-electron chi connectivity index (χ1n) is 5.07. The zero-order valence-corrected chi connectivity index (χ0v) is 10.1. The van der Waals surface area contributed by atoms with Crippen LogP contribution in [0.4, 0.5) is 5.95 Å². The largest absolute Gasteiger partial charge is 0.303 e. The highest BCUT2D eigenvalue weighted by molar-refractivity contribution is 8.00. The van der Waals surface area contributed by atoms with Crippen LogP contribution in [0, 0.1) is 0 Å². The zero-order chi connectivity index (χ0) is 12.1. The molecule has 6 heteroatoms. The van der Waals surface area contributed by atoms with Gasteiger partial charge in [0.25, 0.3) is 0 Å². The van der Waals surface area contributed by atoms with Gasteiger partial charge in [-0.3, -0.25) is 10.1 Å². The number of aryl methyl sites for hydroxylation is 1. The first-order chi connectivity index (χ1) is 8.25. The summed E-state index contributed by atoms with van der Waals surface area (Å²) in [7, 11) is 1.78. The third-order valence-corrected chi connectivity index (χ3v) is 3.09. The van der Waals surface area contributed by atoms with E-state index in [1.54, 1.807) is 17.9 Å². The maximum atomic E-state index is 11.6. The van der Waals surface area contributed by atoms with Crippen molar-refractivity contribution in [1.82, 2.24) is 14.8 Å². The summed E-state index contributed by atoms with van der Waals surface area (Å²) in [4.78, 5) is 12.7. The monoisotopic (exact) mass is 248 g/mol. The molecule has 0 aliphatic heterocycles. The maximum absolute atomic E-state index is 11.6. The van der Waals surface area contributed by atoms with Gasteiger partial charge in [-0.25, -0.2) is 0 Å². The highest BCUT2D eigenvalue weighted by Crippen LogP contribution is 2.16. The molecule has 1 aromatic heterocycles. The van der Waals surface area contributed by atoms with Crippen LogP contribution in [-0.2, 0) is 11.8 Å². The first-order valence-corrected chi connectivity index (χ1v) is 6.06. The lowest BCUT2D eigenvalue weighted by Gasteiger charge is -2.03. The minimum atomic E-state index is -0.0880. The van der Waals surface area contributed by atoms with Gasteiger partial charge in [0.05, 0.1) is 5.75 Å². The van der Waals surface area contributed by atoms with Gasteiger partial charge in [0.1, 0.15) is 6.33 Å². The summed E-state index contributed by atoms with van der Waals surface area (Å²) in [5.41, 5.74) is 0. The predicted octanol–water partition coefficient (Wildman–Crippen LogP) is 1.55. The Hall–Kier alpha value is -1.82. The van der Waals surface area contributed by atoms with Crippen LogP contribution in [0.15, 0.2) is 41.6 Å². The average Bonchev–Trinajstić information content (AvgIpc) is 2.74. The third-order valence-electron chi connectivity index (χ3n) is 2.08. The van der Waals surface area contributed by atoms with Gasteiger partial charge in [-0.05, 0) is 12.1 Å². The fourth-order valence-corrected chi connectivity index (χ4v) is 1.94. The van der Waals surface area contributed by atoms with Crippen molar-refractivity contribution < 1.29 is 4.79 Å². The van der Waals surface area contributed by atoms with E-state index >= 15 is 0 Å². The van der Waals surface area contributed by atoms with Crippen LogP contribution in [0.2, 0.25) is 0 Å². The smallest absolute Gasteiger partial charge is 0.237 e. The van der Waals surface area contributed by atoms with Crippen LogP contribution in [0.1, 0.15) is 0 Å². The maximum Gasteiger partial charge on any atom is 0.237 e. The molecule has 1 heterocycles. The van der Waals surface area contributed by atoms with Crippen LogP contribution in [-0.4, -0.2) is 26.4 Å². The summed E-state index contributed by atoms with van der Waals surface area (Å²) in [6.45, 7) is 0. The number of anilines is 1. The molecule has 17 heavy (non-hydrogen) atoms. The van der Waals surface area contributed by atoms with Gasteiger partial charge in [0.2, 0.25) is 11.9 Å². The molecule has 0 bridgehead atoms. The Morgan fingerprint density at radius 2 is 2.18 bits per heavy atom. The van der Waals surface area contributed by atoms with Crippen molar-refractivity contribution in [3.05, 3.63) is 36.7 Å². The fourth-order valence-electron chi connectivity index (χ4n) is 1.22. The second-order valence-corrected chi connectivity index (χ2v) is 4.46. The number of amides is 1. The molecule has 0 aliphatic carbocycles. The Bertz CT molecular complexity index is 497. The topological polar surface area (TPSA) is 59.8 Å². The molecule has 1 N–H and O–H groups in total. The number of hydrogen-bond donors (Lipinski definition) is 1. The predicted molar refractivity (Wildman–Crippen MR) is 66.8 cm³/mol. The van der Waals surface area contributed by atoms with Crippen molar-refractivity contribution in [2.24, 2.45) is 7.05 Å². The third kappa shape index (κ3) is 3.32. The van der Waals surface area contributed by atoms with E-state index in [0.29, 0.717) is 11.7 Å². The van der Waals surface area contributed by atoms with E-state index in [1.807, 2.05) is 30.3 Å². The van der Waals surface area contributed by atoms with Gasteiger partial charge in [-0.2, -0.15) is 0 Å². The van der Waals surface area contributed by atoms with Crippen LogP contribution >= 0.6 is 11.8 Å². The van der Waals surface area contributed by atoms with Crippen LogP contribution < -0.4 is 5.32 Å². The minimum absolute atomic E-state index is 0.0880. The van der Waals surface area contributed by atoms with Crippen LogP contribution in [0.25, 0.3) is 0 Å². The zero-order valence-electron chi connectivity index (χ0n) is 9.33. The van der Waals surface area contributed by atoms with Crippen molar-refractivity contribution >= 4 is 23.6 Å². The summed E-state index contributed by atoms with van der Waals surface area (Å²) in [5.74, 6) is 0.732. The summed E-state index contributed by atoms with van der Waals surface area (Å²) in [6.07, 6.45) is 1.54. The highest BCUT2D eigenvalue weighted by atomic mass is 32.2.